The molecule has 1 N–H and O–H groups in total. The van der Waals surface area contributed by atoms with Crippen molar-refractivity contribution in [2.75, 3.05) is 11.9 Å². The van der Waals surface area contributed by atoms with Crippen LogP contribution >= 0.6 is 15.9 Å². The topological polar surface area (TPSA) is 55.6 Å². The van der Waals surface area contributed by atoms with E-state index in [0.29, 0.717) is 0 Å². The fourth-order valence-electron chi connectivity index (χ4n) is 1.37. The van der Waals surface area contributed by atoms with Gasteiger partial charge in [0.1, 0.15) is 5.82 Å². The van der Waals surface area contributed by atoms with Gasteiger partial charge in [-0.05, 0) is 34.5 Å². The highest BCUT2D eigenvalue weighted by Crippen LogP contribution is 2.16. The Morgan fingerprint density at radius 1 is 1.50 bits per heavy atom. The van der Waals surface area contributed by atoms with E-state index < -0.39 is 0 Å². The average molecular weight is 282 g/mol. The lowest BCUT2D eigenvalue weighted by Gasteiger charge is -2.08. The SMILES string of the molecule is Cc1cc(Br)cnc1NCCn1ccnn1. The summed E-state index contributed by atoms with van der Waals surface area (Å²) in [4.78, 5) is 4.29. The molecule has 0 aliphatic carbocycles. The molecule has 0 saturated carbocycles. The van der Waals surface area contributed by atoms with Crippen LogP contribution in [-0.2, 0) is 6.54 Å². The third kappa shape index (κ3) is 2.79. The molecule has 0 aromatic carbocycles. The van der Waals surface area contributed by atoms with E-state index in [1.807, 2.05) is 19.2 Å². The Hall–Kier alpha value is -1.43. The Morgan fingerprint density at radius 2 is 2.38 bits per heavy atom. The van der Waals surface area contributed by atoms with Crippen LogP contribution in [0.3, 0.4) is 0 Å². The van der Waals surface area contributed by atoms with Crippen LogP contribution in [0.5, 0.6) is 0 Å². The number of nitrogens with one attached hydrogen (secondary N) is 1. The predicted octanol–water partition coefficient (Wildman–Crippen LogP) is 1.86. The lowest BCUT2D eigenvalue weighted by Crippen LogP contribution is -2.12. The first-order valence-electron chi connectivity index (χ1n) is 4.96. The van der Waals surface area contributed by atoms with Crippen LogP contribution in [0.1, 0.15) is 5.56 Å². The van der Waals surface area contributed by atoms with Gasteiger partial charge in [0, 0.05) is 23.4 Å². The van der Waals surface area contributed by atoms with E-state index in [9.17, 15) is 0 Å². The minimum absolute atomic E-state index is 0.775. The molecule has 0 spiro atoms. The number of rotatable bonds is 4. The van der Waals surface area contributed by atoms with Gasteiger partial charge < -0.3 is 5.32 Å². The summed E-state index contributed by atoms with van der Waals surface area (Å²) in [5.41, 5.74) is 1.12. The fraction of sp³-hybridized carbons (Fsp3) is 0.300. The van der Waals surface area contributed by atoms with Gasteiger partial charge in [0.25, 0.3) is 0 Å². The summed E-state index contributed by atoms with van der Waals surface area (Å²) in [5.74, 6) is 0.906. The van der Waals surface area contributed by atoms with E-state index in [-0.39, 0.29) is 0 Å². The summed E-state index contributed by atoms with van der Waals surface area (Å²) in [6, 6.07) is 2.03. The molecule has 0 unspecified atom stereocenters. The van der Waals surface area contributed by atoms with Crippen LogP contribution < -0.4 is 5.32 Å². The van der Waals surface area contributed by atoms with Crippen molar-refractivity contribution in [3.8, 4) is 0 Å². The number of hydrogen-bond acceptors (Lipinski definition) is 4. The van der Waals surface area contributed by atoms with Gasteiger partial charge in [0.05, 0.1) is 12.7 Å². The lowest BCUT2D eigenvalue weighted by molar-refractivity contribution is 0.608. The van der Waals surface area contributed by atoms with Gasteiger partial charge in [0.2, 0.25) is 0 Å². The Labute approximate surface area is 102 Å². The summed E-state index contributed by atoms with van der Waals surface area (Å²) in [7, 11) is 0. The highest BCUT2D eigenvalue weighted by Gasteiger charge is 1.99. The molecule has 5 nitrogen and oxygen atoms in total. The Bertz CT molecular complexity index is 454. The summed E-state index contributed by atoms with van der Waals surface area (Å²) < 4.78 is 2.77. The highest BCUT2D eigenvalue weighted by atomic mass is 79.9. The molecule has 2 heterocycles. The van der Waals surface area contributed by atoms with Crippen LogP contribution in [0.15, 0.2) is 29.1 Å². The molecule has 2 rings (SSSR count). The molecule has 0 aliphatic heterocycles. The zero-order valence-corrected chi connectivity index (χ0v) is 10.5. The summed E-state index contributed by atoms with van der Waals surface area (Å²) >= 11 is 3.38. The Kier molecular flexibility index (Phi) is 3.51. The lowest BCUT2D eigenvalue weighted by atomic mass is 10.3. The smallest absolute Gasteiger partial charge is 0.128 e. The number of anilines is 1. The number of aryl methyl sites for hydroxylation is 1. The molecule has 16 heavy (non-hydrogen) atoms. The maximum atomic E-state index is 4.29. The standard InChI is InChI=1S/C10H12BrN5/c1-8-6-9(11)7-13-10(8)12-2-4-16-5-3-14-15-16/h3,5-7H,2,4H2,1H3,(H,12,13). The molecule has 0 fully saturated rings. The van der Waals surface area contributed by atoms with Crippen molar-refractivity contribution in [2.24, 2.45) is 0 Å². The first-order valence-corrected chi connectivity index (χ1v) is 5.75. The monoisotopic (exact) mass is 281 g/mol. The maximum absolute atomic E-state index is 4.29. The largest absolute Gasteiger partial charge is 0.368 e. The number of nitrogens with zero attached hydrogens (tertiary/aromatic N) is 4. The number of aromatic nitrogens is 4. The van der Waals surface area contributed by atoms with E-state index in [4.69, 9.17) is 0 Å². The van der Waals surface area contributed by atoms with Crippen LogP contribution in [0.25, 0.3) is 0 Å². The van der Waals surface area contributed by atoms with E-state index >= 15 is 0 Å². The normalized spacial score (nSPS) is 10.4. The average Bonchev–Trinajstić information content (AvgIpc) is 2.74. The molecule has 0 bridgehead atoms. The quantitative estimate of drug-likeness (QED) is 0.930. The van der Waals surface area contributed by atoms with Crippen molar-refractivity contribution in [1.29, 1.82) is 0 Å². The predicted molar refractivity (Wildman–Crippen MR) is 65.2 cm³/mol. The number of halogens is 1. The van der Waals surface area contributed by atoms with E-state index in [0.717, 1.165) is 28.9 Å². The van der Waals surface area contributed by atoms with Crippen LogP contribution in [0, 0.1) is 6.92 Å². The van der Waals surface area contributed by atoms with Gasteiger partial charge in [-0.3, -0.25) is 4.68 Å². The van der Waals surface area contributed by atoms with Gasteiger partial charge in [-0.25, -0.2) is 4.98 Å². The summed E-state index contributed by atoms with van der Waals surface area (Å²) in [6.07, 6.45) is 5.29. The Morgan fingerprint density at radius 3 is 3.06 bits per heavy atom. The molecule has 84 valence electrons. The molecule has 2 aromatic heterocycles. The minimum atomic E-state index is 0.775. The van der Waals surface area contributed by atoms with Gasteiger partial charge >= 0.3 is 0 Å². The number of hydrogen-bond donors (Lipinski definition) is 1. The molecule has 6 heteroatoms. The molecule has 0 amide bonds. The maximum Gasteiger partial charge on any atom is 0.128 e. The first-order chi connectivity index (χ1) is 7.75. The van der Waals surface area contributed by atoms with Crippen molar-refractivity contribution in [3.63, 3.8) is 0 Å². The second kappa shape index (κ2) is 5.07. The molecule has 0 radical (unpaired) electrons. The summed E-state index contributed by atoms with van der Waals surface area (Å²) in [6.45, 7) is 3.57. The van der Waals surface area contributed by atoms with Gasteiger partial charge in [-0.15, -0.1) is 5.10 Å². The molecule has 0 aliphatic rings. The molecule has 2 aromatic rings. The molecular weight excluding hydrogens is 270 g/mol. The van der Waals surface area contributed by atoms with E-state index in [1.54, 1.807) is 17.1 Å². The molecular formula is C10H12BrN5. The Balaban J connectivity index is 1.90. The second-order valence-corrected chi connectivity index (χ2v) is 4.33. The zero-order valence-electron chi connectivity index (χ0n) is 8.89. The van der Waals surface area contributed by atoms with Crippen molar-refractivity contribution < 1.29 is 0 Å². The first kappa shape index (κ1) is 11.1. The van der Waals surface area contributed by atoms with E-state index in [2.05, 4.69) is 36.5 Å². The summed E-state index contributed by atoms with van der Waals surface area (Å²) in [5, 5.41) is 10.9. The second-order valence-electron chi connectivity index (χ2n) is 3.41. The molecule has 0 atom stereocenters. The van der Waals surface area contributed by atoms with Gasteiger partial charge in [0.15, 0.2) is 0 Å². The van der Waals surface area contributed by atoms with Crippen LogP contribution in [0.4, 0.5) is 5.82 Å². The van der Waals surface area contributed by atoms with Crippen LogP contribution in [-0.4, -0.2) is 26.5 Å². The van der Waals surface area contributed by atoms with Crippen molar-refractivity contribution >= 4 is 21.7 Å². The minimum Gasteiger partial charge on any atom is -0.368 e. The zero-order chi connectivity index (χ0) is 11.4. The highest BCUT2D eigenvalue weighted by molar-refractivity contribution is 9.10. The van der Waals surface area contributed by atoms with E-state index in [1.165, 1.54) is 0 Å². The van der Waals surface area contributed by atoms with Gasteiger partial charge in [-0.2, -0.15) is 0 Å². The van der Waals surface area contributed by atoms with Crippen molar-refractivity contribution in [3.05, 3.63) is 34.7 Å². The van der Waals surface area contributed by atoms with Crippen molar-refractivity contribution in [2.45, 2.75) is 13.5 Å². The van der Waals surface area contributed by atoms with Crippen LogP contribution in [0.2, 0.25) is 0 Å². The number of pyridine rings is 1. The van der Waals surface area contributed by atoms with Crippen molar-refractivity contribution in [1.82, 2.24) is 20.0 Å². The van der Waals surface area contributed by atoms with Gasteiger partial charge in [-0.1, -0.05) is 5.21 Å². The molecule has 0 saturated heterocycles. The third-order valence-electron chi connectivity index (χ3n) is 2.15. The fourth-order valence-corrected chi connectivity index (χ4v) is 1.81. The third-order valence-corrected chi connectivity index (χ3v) is 2.58.